The Labute approximate surface area is 117 Å². The fourth-order valence-electron chi connectivity index (χ4n) is 1.49. The lowest BCUT2D eigenvalue weighted by Gasteiger charge is -2.20. The number of amides is 1. The van der Waals surface area contributed by atoms with Gasteiger partial charge in [-0.3, -0.25) is 4.79 Å². The summed E-state index contributed by atoms with van der Waals surface area (Å²) in [7, 11) is 0. The summed E-state index contributed by atoms with van der Waals surface area (Å²) in [5.74, 6) is 0.520. The molecule has 0 fully saturated rings. The molecule has 0 aliphatic rings. The predicted octanol–water partition coefficient (Wildman–Crippen LogP) is 2.66. The highest BCUT2D eigenvalue weighted by atomic mass is 35.5. The SMILES string of the molecule is CCN(CCCO)C(=O)CSc1ccc(Cl)cc1. The molecular formula is C13H18ClNO2S. The van der Waals surface area contributed by atoms with Gasteiger partial charge in [0.1, 0.15) is 0 Å². The molecule has 0 heterocycles. The number of carbonyl (C=O) groups is 1. The van der Waals surface area contributed by atoms with E-state index >= 15 is 0 Å². The van der Waals surface area contributed by atoms with Gasteiger partial charge in [-0.05, 0) is 37.6 Å². The van der Waals surface area contributed by atoms with Crippen LogP contribution in [-0.4, -0.2) is 41.4 Å². The maximum absolute atomic E-state index is 11.9. The zero-order valence-electron chi connectivity index (χ0n) is 10.4. The van der Waals surface area contributed by atoms with Crippen molar-refractivity contribution in [2.75, 3.05) is 25.4 Å². The molecule has 0 saturated heterocycles. The molecule has 1 aromatic rings. The molecule has 0 spiro atoms. The molecule has 3 nitrogen and oxygen atoms in total. The number of aliphatic hydroxyl groups excluding tert-OH is 1. The number of rotatable bonds is 7. The van der Waals surface area contributed by atoms with Crippen molar-refractivity contribution in [2.24, 2.45) is 0 Å². The summed E-state index contributed by atoms with van der Waals surface area (Å²) in [5, 5.41) is 9.47. The first-order valence-electron chi connectivity index (χ1n) is 5.94. The largest absolute Gasteiger partial charge is 0.396 e. The van der Waals surface area contributed by atoms with E-state index in [2.05, 4.69) is 0 Å². The highest BCUT2D eigenvalue weighted by molar-refractivity contribution is 8.00. The number of hydrogen-bond donors (Lipinski definition) is 1. The van der Waals surface area contributed by atoms with Crippen LogP contribution in [0.4, 0.5) is 0 Å². The molecule has 5 heteroatoms. The van der Waals surface area contributed by atoms with E-state index in [1.807, 2.05) is 31.2 Å². The summed E-state index contributed by atoms with van der Waals surface area (Å²) < 4.78 is 0. The molecule has 0 unspecified atom stereocenters. The second-order valence-electron chi connectivity index (χ2n) is 3.79. The Morgan fingerprint density at radius 2 is 2.06 bits per heavy atom. The second kappa shape index (κ2) is 8.40. The average molecular weight is 288 g/mol. The number of thioether (sulfide) groups is 1. The minimum Gasteiger partial charge on any atom is -0.396 e. The number of halogens is 1. The van der Waals surface area contributed by atoms with E-state index in [1.54, 1.807) is 4.90 Å². The van der Waals surface area contributed by atoms with Gasteiger partial charge in [-0.2, -0.15) is 0 Å². The van der Waals surface area contributed by atoms with Gasteiger partial charge < -0.3 is 10.0 Å². The van der Waals surface area contributed by atoms with Crippen LogP contribution in [0, 0.1) is 0 Å². The Hall–Kier alpha value is -0.710. The van der Waals surface area contributed by atoms with Crippen LogP contribution >= 0.6 is 23.4 Å². The van der Waals surface area contributed by atoms with E-state index < -0.39 is 0 Å². The fourth-order valence-corrected chi connectivity index (χ4v) is 2.42. The summed E-state index contributed by atoms with van der Waals surface area (Å²) in [4.78, 5) is 14.7. The minimum atomic E-state index is 0.103. The quantitative estimate of drug-likeness (QED) is 0.784. The predicted molar refractivity (Wildman–Crippen MR) is 76.1 cm³/mol. The van der Waals surface area contributed by atoms with Gasteiger partial charge in [0.15, 0.2) is 0 Å². The van der Waals surface area contributed by atoms with E-state index in [1.165, 1.54) is 11.8 Å². The molecular weight excluding hydrogens is 270 g/mol. The smallest absolute Gasteiger partial charge is 0.232 e. The Kier molecular flexibility index (Phi) is 7.16. The highest BCUT2D eigenvalue weighted by Gasteiger charge is 2.11. The van der Waals surface area contributed by atoms with E-state index in [-0.39, 0.29) is 12.5 Å². The first kappa shape index (κ1) is 15.3. The van der Waals surface area contributed by atoms with E-state index in [4.69, 9.17) is 16.7 Å². The second-order valence-corrected chi connectivity index (χ2v) is 5.28. The molecule has 0 aromatic heterocycles. The van der Waals surface area contributed by atoms with Gasteiger partial charge in [0, 0.05) is 29.6 Å². The van der Waals surface area contributed by atoms with Crippen LogP contribution < -0.4 is 0 Å². The monoisotopic (exact) mass is 287 g/mol. The third kappa shape index (κ3) is 5.29. The van der Waals surface area contributed by atoms with Crippen molar-refractivity contribution in [1.82, 2.24) is 4.90 Å². The number of hydrogen-bond acceptors (Lipinski definition) is 3. The number of aliphatic hydroxyl groups is 1. The molecule has 1 rings (SSSR count). The first-order chi connectivity index (χ1) is 8.67. The summed E-state index contributed by atoms with van der Waals surface area (Å²) in [6, 6.07) is 7.45. The van der Waals surface area contributed by atoms with Gasteiger partial charge in [0.2, 0.25) is 5.91 Å². The molecule has 18 heavy (non-hydrogen) atoms. The van der Waals surface area contributed by atoms with Crippen LogP contribution in [0.15, 0.2) is 29.2 Å². The molecule has 0 aliphatic heterocycles. The average Bonchev–Trinajstić information content (AvgIpc) is 2.39. The fraction of sp³-hybridized carbons (Fsp3) is 0.462. The molecule has 0 atom stereocenters. The molecule has 1 amide bonds. The molecule has 0 saturated carbocycles. The zero-order valence-corrected chi connectivity index (χ0v) is 12.0. The normalized spacial score (nSPS) is 10.4. The van der Waals surface area contributed by atoms with Crippen LogP contribution in [0.5, 0.6) is 0 Å². The van der Waals surface area contributed by atoms with Gasteiger partial charge in [-0.1, -0.05) is 11.6 Å². The van der Waals surface area contributed by atoms with E-state index in [9.17, 15) is 4.79 Å². The molecule has 0 aliphatic carbocycles. The molecule has 1 N–H and O–H groups in total. The Morgan fingerprint density at radius 1 is 1.39 bits per heavy atom. The number of benzene rings is 1. The number of nitrogens with zero attached hydrogens (tertiary/aromatic N) is 1. The van der Waals surface area contributed by atoms with Crippen molar-refractivity contribution in [3.63, 3.8) is 0 Å². The zero-order chi connectivity index (χ0) is 13.4. The Morgan fingerprint density at radius 3 is 2.61 bits per heavy atom. The van der Waals surface area contributed by atoms with Gasteiger partial charge in [-0.15, -0.1) is 11.8 Å². The molecule has 0 radical (unpaired) electrons. The highest BCUT2D eigenvalue weighted by Crippen LogP contribution is 2.20. The Balaban J connectivity index is 2.41. The van der Waals surface area contributed by atoms with E-state index in [0.29, 0.717) is 30.3 Å². The van der Waals surface area contributed by atoms with Crippen LogP contribution in [0.2, 0.25) is 5.02 Å². The van der Waals surface area contributed by atoms with Crippen molar-refractivity contribution in [3.8, 4) is 0 Å². The van der Waals surface area contributed by atoms with Crippen molar-refractivity contribution < 1.29 is 9.90 Å². The lowest BCUT2D eigenvalue weighted by molar-refractivity contribution is -0.128. The molecule has 0 bridgehead atoms. The van der Waals surface area contributed by atoms with Gasteiger partial charge in [0.05, 0.1) is 5.75 Å². The summed E-state index contributed by atoms with van der Waals surface area (Å²) in [5.41, 5.74) is 0. The van der Waals surface area contributed by atoms with Crippen LogP contribution in [0.1, 0.15) is 13.3 Å². The lowest BCUT2D eigenvalue weighted by Crippen LogP contribution is -2.33. The van der Waals surface area contributed by atoms with Gasteiger partial charge in [-0.25, -0.2) is 0 Å². The topological polar surface area (TPSA) is 40.5 Å². The first-order valence-corrected chi connectivity index (χ1v) is 7.30. The summed E-state index contributed by atoms with van der Waals surface area (Å²) in [6.07, 6.45) is 0.630. The van der Waals surface area contributed by atoms with Crippen LogP contribution in [0.3, 0.4) is 0 Å². The van der Waals surface area contributed by atoms with Crippen molar-refractivity contribution >= 4 is 29.3 Å². The summed E-state index contributed by atoms with van der Waals surface area (Å²) in [6.45, 7) is 3.36. The summed E-state index contributed by atoms with van der Waals surface area (Å²) >= 11 is 7.30. The molecule has 1 aromatic carbocycles. The number of carbonyl (C=O) groups excluding carboxylic acids is 1. The van der Waals surface area contributed by atoms with Gasteiger partial charge >= 0.3 is 0 Å². The lowest BCUT2D eigenvalue weighted by atomic mass is 10.4. The maximum atomic E-state index is 11.9. The van der Waals surface area contributed by atoms with Crippen LogP contribution in [-0.2, 0) is 4.79 Å². The van der Waals surface area contributed by atoms with Gasteiger partial charge in [0.25, 0.3) is 0 Å². The minimum absolute atomic E-state index is 0.103. The third-order valence-corrected chi connectivity index (χ3v) is 3.75. The van der Waals surface area contributed by atoms with E-state index in [0.717, 1.165) is 4.90 Å². The van der Waals surface area contributed by atoms with Crippen LogP contribution in [0.25, 0.3) is 0 Å². The van der Waals surface area contributed by atoms with Crippen molar-refractivity contribution in [2.45, 2.75) is 18.2 Å². The molecule has 100 valence electrons. The standard InChI is InChI=1S/C13H18ClNO2S/c1-2-15(8-3-9-16)13(17)10-18-12-6-4-11(14)5-7-12/h4-7,16H,2-3,8-10H2,1H3. The Bertz CT molecular complexity index is 370. The van der Waals surface area contributed by atoms with Crippen molar-refractivity contribution in [1.29, 1.82) is 0 Å². The van der Waals surface area contributed by atoms with Crippen molar-refractivity contribution in [3.05, 3.63) is 29.3 Å². The third-order valence-electron chi connectivity index (χ3n) is 2.50. The maximum Gasteiger partial charge on any atom is 0.232 e.